The first kappa shape index (κ1) is 21.9. The van der Waals surface area contributed by atoms with E-state index in [9.17, 15) is 0 Å². The smallest absolute Gasteiger partial charge is 0.193 e. The van der Waals surface area contributed by atoms with Gasteiger partial charge in [0.05, 0.1) is 33.0 Å². The molecule has 7 heteroatoms. The Kier molecular flexibility index (Phi) is 7.54. The van der Waals surface area contributed by atoms with Gasteiger partial charge in [0, 0.05) is 31.4 Å². The van der Waals surface area contributed by atoms with Crippen molar-refractivity contribution in [1.82, 2.24) is 4.90 Å². The third kappa shape index (κ3) is 6.11. The number of nitrogens with zero attached hydrogens (tertiary/aromatic N) is 2. The molecule has 1 heterocycles. The summed E-state index contributed by atoms with van der Waals surface area (Å²) in [6, 6.07) is 14.0. The van der Waals surface area contributed by atoms with E-state index in [1.807, 2.05) is 18.2 Å². The fourth-order valence-corrected chi connectivity index (χ4v) is 3.70. The van der Waals surface area contributed by atoms with E-state index in [-0.39, 0.29) is 12.2 Å². The molecule has 0 aliphatic carbocycles. The largest absolute Gasteiger partial charge is 0.493 e. The van der Waals surface area contributed by atoms with Crippen molar-refractivity contribution in [2.75, 3.05) is 32.6 Å². The lowest BCUT2D eigenvalue weighted by molar-refractivity contribution is -0.0704. The van der Waals surface area contributed by atoms with E-state index >= 15 is 0 Å². The Morgan fingerprint density at radius 3 is 2.30 bits per heavy atom. The fraction of sp³-hybridized carbons (Fsp3) is 0.435. The molecule has 0 spiro atoms. The summed E-state index contributed by atoms with van der Waals surface area (Å²) in [5.41, 5.74) is 9.24. The Morgan fingerprint density at radius 1 is 1.03 bits per heavy atom. The predicted molar refractivity (Wildman–Crippen MR) is 120 cm³/mol. The molecule has 2 aromatic rings. The van der Waals surface area contributed by atoms with Crippen molar-refractivity contribution in [3.05, 3.63) is 53.6 Å². The van der Waals surface area contributed by atoms with Gasteiger partial charge in [-0.2, -0.15) is 0 Å². The minimum absolute atomic E-state index is 0.281. The van der Waals surface area contributed by atoms with Crippen molar-refractivity contribution < 1.29 is 14.2 Å². The lowest BCUT2D eigenvalue weighted by Gasteiger charge is -2.35. The highest BCUT2D eigenvalue weighted by molar-refractivity contribution is 5.92. The molecule has 3 rings (SSSR count). The molecule has 2 unspecified atom stereocenters. The van der Waals surface area contributed by atoms with Gasteiger partial charge < -0.3 is 25.3 Å². The normalized spacial score (nSPS) is 20.1. The fourth-order valence-electron chi connectivity index (χ4n) is 3.70. The maximum atomic E-state index is 6.04. The molecular weight excluding hydrogens is 380 g/mol. The van der Waals surface area contributed by atoms with Crippen LogP contribution < -0.4 is 20.5 Å². The quantitative estimate of drug-likeness (QED) is 0.537. The molecule has 1 aliphatic rings. The molecule has 1 saturated heterocycles. The number of morpholine rings is 1. The maximum Gasteiger partial charge on any atom is 0.193 e. The maximum absolute atomic E-state index is 6.04. The van der Waals surface area contributed by atoms with Gasteiger partial charge in [0.15, 0.2) is 17.5 Å². The lowest BCUT2D eigenvalue weighted by atomic mass is 10.1. The highest BCUT2D eigenvalue weighted by Crippen LogP contribution is 2.29. The molecule has 30 heavy (non-hydrogen) atoms. The molecule has 1 fully saturated rings. The Labute approximate surface area is 178 Å². The number of nitrogens with two attached hydrogens (primary N) is 1. The SMILES string of the molecule is COc1ccc(NC(N)=NCc2ccc(CN3CC(C)OC(C)C3)cc2)cc1OC. The molecule has 0 saturated carbocycles. The van der Waals surface area contributed by atoms with Gasteiger partial charge in [-0.25, -0.2) is 4.99 Å². The summed E-state index contributed by atoms with van der Waals surface area (Å²) >= 11 is 0. The summed E-state index contributed by atoms with van der Waals surface area (Å²) in [5, 5.41) is 3.09. The Balaban J connectivity index is 1.54. The second-order valence-electron chi connectivity index (χ2n) is 7.66. The first-order valence-corrected chi connectivity index (χ1v) is 10.2. The summed E-state index contributed by atoms with van der Waals surface area (Å²) in [6.45, 7) is 7.64. The van der Waals surface area contributed by atoms with Crippen LogP contribution in [-0.4, -0.2) is 50.4 Å². The van der Waals surface area contributed by atoms with Crippen LogP contribution >= 0.6 is 0 Å². The molecule has 0 aromatic heterocycles. The summed E-state index contributed by atoms with van der Waals surface area (Å²) < 4.78 is 16.4. The zero-order chi connectivity index (χ0) is 21.5. The van der Waals surface area contributed by atoms with Crippen LogP contribution in [0.4, 0.5) is 5.69 Å². The van der Waals surface area contributed by atoms with Gasteiger partial charge in [-0.1, -0.05) is 24.3 Å². The third-order valence-electron chi connectivity index (χ3n) is 5.01. The van der Waals surface area contributed by atoms with Crippen LogP contribution in [0.25, 0.3) is 0 Å². The van der Waals surface area contributed by atoms with Gasteiger partial charge in [0.2, 0.25) is 0 Å². The van der Waals surface area contributed by atoms with Crippen molar-refractivity contribution in [2.24, 2.45) is 10.7 Å². The first-order chi connectivity index (χ1) is 14.5. The number of guanidine groups is 1. The number of aliphatic imine (C=N–C) groups is 1. The molecule has 0 radical (unpaired) electrons. The molecular formula is C23H32N4O3. The Morgan fingerprint density at radius 2 is 1.67 bits per heavy atom. The van der Waals surface area contributed by atoms with Crippen LogP contribution in [0.2, 0.25) is 0 Å². The number of nitrogens with one attached hydrogen (secondary N) is 1. The van der Waals surface area contributed by atoms with E-state index in [4.69, 9.17) is 19.9 Å². The van der Waals surface area contributed by atoms with E-state index < -0.39 is 0 Å². The summed E-state index contributed by atoms with van der Waals surface area (Å²) in [7, 11) is 3.21. The van der Waals surface area contributed by atoms with E-state index in [0.29, 0.717) is 24.0 Å². The van der Waals surface area contributed by atoms with Crippen LogP contribution in [0, 0.1) is 0 Å². The standard InChI is InChI=1S/C23H32N4O3/c1-16-13-27(14-17(2)30-16)15-19-7-5-18(6-8-19)12-25-23(24)26-20-9-10-21(28-3)22(11-20)29-4/h5-11,16-17H,12-15H2,1-4H3,(H3,24,25,26). The van der Waals surface area contributed by atoms with Crippen LogP contribution in [0.15, 0.2) is 47.5 Å². The van der Waals surface area contributed by atoms with Gasteiger partial charge in [0.25, 0.3) is 0 Å². The van der Waals surface area contributed by atoms with Crippen molar-refractivity contribution in [2.45, 2.75) is 39.1 Å². The molecule has 1 aliphatic heterocycles. The van der Waals surface area contributed by atoms with Gasteiger partial charge in [-0.15, -0.1) is 0 Å². The van der Waals surface area contributed by atoms with Gasteiger partial charge in [0.1, 0.15) is 0 Å². The molecule has 0 bridgehead atoms. The number of hydrogen-bond acceptors (Lipinski definition) is 5. The molecule has 3 N–H and O–H groups in total. The number of ether oxygens (including phenoxy) is 3. The predicted octanol–water partition coefficient (Wildman–Crippen LogP) is 3.24. The van der Waals surface area contributed by atoms with Crippen LogP contribution in [0.5, 0.6) is 11.5 Å². The zero-order valence-electron chi connectivity index (χ0n) is 18.2. The number of rotatable bonds is 7. The number of hydrogen-bond donors (Lipinski definition) is 2. The second kappa shape index (κ2) is 10.3. The highest BCUT2D eigenvalue weighted by Gasteiger charge is 2.21. The van der Waals surface area contributed by atoms with Crippen LogP contribution in [0.3, 0.4) is 0 Å². The average Bonchev–Trinajstić information content (AvgIpc) is 2.72. The average molecular weight is 413 g/mol. The van der Waals surface area contributed by atoms with E-state index in [0.717, 1.165) is 30.9 Å². The van der Waals surface area contributed by atoms with Crippen molar-refractivity contribution in [3.8, 4) is 11.5 Å². The van der Waals surface area contributed by atoms with E-state index in [1.165, 1.54) is 5.56 Å². The van der Waals surface area contributed by atoms with Crippen molar-refractivity contribution in [1.29, 1.82) is 0 Å². The minimum atomic E-state index is 0.281. The van der Waals surface area contributed by atoms with Crippen LogP contribution in [-0.2, 0) is 17.8 Å². The minimum Gasteiger partial charge on any atom is -0.493 e. The van der Waals surface area contributed by atoms with Crippen molar-refractivity contribution >= 4 is 11.6 Å². The van der Waals surface area contributed by atoms with E-state index in [1.54, 1.807) is 14.2 Å². The molecule has 162 valence electrons. The Bertz CT molecular complexity index is 844. The van der Waals surface area contributed by atoms with Gasteiger partial charge in [-0.05, 0) is 37.1 Å². The third-order valence-corrected chi connectivity index (χ3v) is 5.01. The zero-order valence-corrected chi connectivity index (χ0v) is 18.2. The highest BCUT2D eigenvalue weighted by atomic mass is 16.5. The monoisotopic (exact) mass is 412 g/mol. The topological polar surface area (TPSA) is 81.3 Å². The number of methoxy groups -OCH3 is 2. The molecule has 7 nitrogen and oxygen atoms in total. The number of anilines is 1. The Hall–Kier alpha value is -2.77. The van der Waals surface area contributed by atoms with Crippen molar-refractivity contribution in [3.63, 3.8) is 0 Å². The molecule has 0 amide bonds. The lowest BCUT2D eigenvalue weighted by Crippen LogP contribution is -2.44. The summed E-state index contributed by atoms with van der Waals surface area (Å²) in [6.07, 6.45) is 0.562. The first-order valence-electron chi connectivity index (χ1n) is 10.2. The summed E-state index contributed by atoms with van der Waals surface area (Å²) in [5.74, 6) is 1.65. The number of benzene rings is 2. The van der Waals surface area contributed by atoms with Crippen LogP contribution in [0.1, 0.15) is 25.0 Å². The molecule has 2 aromatic carbocycles. The van der Waals surface area contributed by atoms with E-state index in [2.05, 4.69) is 53.3 Å². The van der Waals surface area contributed by atoms with Gasteiger partial charge >= 0.3 is 0 Å². The summed E-state index contributed by atoms with van der Waals surface area (Å²) in [4.78, 5) is 6.88. The second-order valence-corrected chi connectivity index (χ2v) is 7.66. The van der Waals surface area contributed by atoms with Gasteiger partial charge in [-0.3, -0.25) is 4.90 Å². The molecule has 2 atom stereocenters.